The first-order chi connectivity index (χ1) is 11.2. The number of ketones is 1. The maximum Gasteiger partial charge on any atom is 0.170 e. The van der Waals surface area contributed by atoms with Crippen LogP contribution in [0.2, 0.25) is 0 Å². The summed E-state index contributed by atoms with van der Waals surface area (Å²) in [6.07, 6.45) is 7.46. The highest BCUT2D eigenvalue weighted by atomic mass is 16.1. The Bertz CT molecular complexity index is 505. The molecular weight excluding hydrogens is 286 g/mol. The third-order valence-corrected chi connectivity index (χ3v) is 5.72. The van der Waals surface area contributed by atoms with E-state index in [2.05, 4.69) is 4.90 Å². The van der Waals surface area contributed by atoms with E-state index in [1.54, 1.807) is 0 Å². The smallest absolute Gasteiger partial charge is 0.170 e. The predicted octanol–water partition coefficient (Wildman–Crippen LogP) is 2.24. The highest BCUT2D eigenvalue weighted by Gasteiger charge is 2.33. The van der Waals surface area contributed by atoms with Crippen LogP contribution in [0.5, 0.6) is 0 Å². The van der Waals surface area contributed by atoms with E-state index in [1.807, 2.05) is 30.3 Å². The van der Waals surface area contributed by atoms with Crippen molar-refractivity contribution in [3.05, 3.63) is 35.9 Å². The van der Waals surface area contributed by atoms with Crippen LogP contribution in [0.4, 0.5) is 0 Å². The second kappa shape index (κ2) is 7.56. The van der Waals surface area contributed by atoms with Gasteiger partial charge in [-0.15, -0.1) is 0 Å². The third kappa shape index (κ3) is 3.82. The number of hydrogen-bond acceptors (Lipinski definition) is 4. The van der Waals surface area contributed by atoms with E-state index in [4.69, 9.17) is 11.5 Å². The van der Waals surface area contributed by atoms with Crippen molar-refractivity contribution >= 4 is 5.78 Å². The Balaban J connectivity index is 1.54. The lowest BCUT2D eigenvalue weighted by molar-refractivity contribution is -0.123. The lowest BCUT2D eigenvalue weighted by atomic mass is 9.84. The van der Waals surface area contributed by atoms with Crippen molar-refractivity contribution in [3.8, 4) is 0 Å². The Hall–Kier alpha value is -1.23. The van der Waals surface area contributed by atoms with Gasteiger partial charge in [0.2, 0.25) is 0 Å². The van der Waals surface area contributed by atoms with Crippen LogP contribution in [0, 0.1) is 5.92 Å². The van der Waals surface area contributed by atoms with Gasteiger partial charge in [-0.1, -0.05) is 43.2 Å². The van der Waals surface area contributed by atoms with Crippen molar-refractivity contribution in [2.24, 2.45) is 17.4 Å². The van der Waals surface area contributed by atoms with Crippen molar-refractivity contribution < 1.29 is 4.79 Å². The molecule has 3 rings (SSSR count). The number of rotatable bonds is 5. The van der Waals surface area contributed by atoms with Crippen LogP contribution in [-0.4, -0.2) is 35.9 Å². The molecule has 1 heterocycles. The fourth-order valence-electron chi connectivity index (χ4n) is 4.18. The molecule has 1 aromatic rings. The molecule has 1 aliphatic heterocycles. The van der Waals surface area contributed by atoms with E-state index < -0.39 is 12.1 Å². The van der Waals surface area contributed by atoms with Gasteiger partial charge in [-0.3, -0.25) is 4.79 Å². The first kappa shape index (κ1) is 16.6. The molecule has 23 heavy (non-hydrogen) atoms. The number of nitrogens with two attached hydrogens (primary N) is 2. The summed E-state index contributed by atoms with van der Waals surface area (Å²) < 4.78 is 0. The largest absolute Gasteiger partial charge is 0.321 e. The Morgan fingerprint density at radius 3 is 2.22 bits per heavy atom. The summed E-state index contributed by atoms with van der Waals surface area (Å²) in [4.78, 5) is 15.2. The zero-order chi connectivity index (χ0) is 16.2. The molecule has 1 aliphatic carbocycles. The van der Waals surface area contributed by atoms with Gasteiger partial charge in [0.1, 0.15) is 0 Å². The maximum atomic E-state index is 12.6. The van der Waals surface area contributed by atoms with E-state index in [1.165, 1.54) is 25.7 Å². The van der Waals surface area contributed by atoms with Gasteiger partial charge >= 0.3 is 0 Å². The number of likely N-dealkylation sites (tertiary alicyclic amines) is 1. The molecule has 2 aliphatic rings. The minimum Gasteiger partial charge on any atom is -0.321 e. The Morgan fingerprint density at radius 1 is 1.00 bits per heavy atom. The molecule has 0 spiro atoms. The fourth-order valence-corrected chi connectivity index (χ4v) is 4.18. The lowest BCUT2D eigenvalue weighted by Gasteiger charge is -2.38. The monoisotopic (exact) mass is 315 g/mol. The standard InChI is InChI=1S/C19H29N3O/c20-17(14-6-2-1-3-7-14)19(23)18(21)15-10-12-22(13-11-15)16-8-4-5-9-16/h1-3,6-7,15-18H,4-5,8-13,20-21H2/t17-,18?/m1/s1. The quantitative estimate of drug-likeness (QED) is 0.874. The highest BCUT2D eigenvalue weighted by Crippen LogP contribution is 2.29. The van der Waals surface area contributed by atoms with Crippen LogP contribution in [-0.2, 0) is 4.79 Å². The number of benzene rings is 1. The molecule has 0 bridgehead atoms. The number of piperidine rings is 1. The molecule has 4 nitrogen and oxygen atoms in total. The van der Waals surface area contributed by atoms with Crippen LogP contribution in [0.15, 0.2) is 30.3 Å². The van der Waals surface area contributed by atoms with Gasteiger partial charge in [0.05, 0.1) is 12.1 Å². The van der Waals surface area contributed by atoms with Crippen molar-refractivity contribution in [2.45, 2.75) is 56.7 Å². The predicted molar refractivity (Wildman–Crippen MR) is 92.9 cm³/mol. The van der Waals surface area contributed by atoms with Gasteiger partial charge in [-0.25, -0.2) is 0 Å². The van der Waals surface area contributed by atoms with E-state index in [9.17, 15) is 4.79 Å². The molecule has 4 heteroatoms. The summed E-state index contributed by atoms with van der Waals surface area (Å²) in [5.41, 5.74) is 13.3. The molecule has 126 valence electrons. The van der Waals surface area contributed by atoms with Gasteiger partial charge in [-0.05, 0) is 50.3 Å². The van der Waals surface area contributed by atoms with E-state index in [0.717, 1.165) is 37.5 Å². The van der Waals surface area contributed by atoms with Crippen molar-refractivity contribution in [3.63, 3.8) is 0 Å². The second-order valence-electron chi connectivity index (χ2n) is 7.13. The fraction of sp³-hybridized carbons (Fsp3) is 0.632. The topological polar surface area (TPSA) is 72.3 Å². The van der Waals surface area contributed by atoms with Crippen LogP contribution < -0.4 is 11.5 Å². The van der Waals surface area contributed by atoms with Crippen LogP contribution >= 0.6 is 0 Å². The normalized spacial score (nSPS) is 23.7. The molecule has 0 amide bonds. The van der Waals surface area contributed by atoms with Crippen molar-refractivity contribution in [1.82, 2.24) is 4.90 Å². The van der Waals surface area contributed by atoms with Crippen LogP contribution in [0.3, 0.4) is 0 Å². The Kier molecular flexibility index (Phi) is 5.46. The summed E-state index contributed by atoms with van der Waals surface area (Å²) >= 11 is 0. The number of nitrogens with zero attached hydrogens (tertiary/aromatic N) is 1. The average molecular weight is 315 g/mol. The van der Waals surface area contributed by atoms with Gasteiger partial charge in [-0.2, -0.15) is 0 Å². The van der Waals surface area contributed by atoms with Crippen molar-refractivity contribution in [2.75, 3.05) is 13.1 Å². The van der Waals surface area contributed by atoms with Crippen LogP contribution in [0.1, 0.15) is 50.1 Å². The molecule has 4 N–H and O–H groups in total. The number of carbonyl (C=O) groups is 1. The molecule has 1 saturated carbocycles. The van der Waals surface area contributed by atoms with Crippen molar-refractivity contribution in [1.29, 1.82) is 0 Å². The van der Waals surface area contributed by atoms with Gasteiger partial charge in [0.15, 0.2) is 5.78 Å². The summed E-state index contributed by atoms with van der Waals surface area (Å²) in [7, 11) is 0. The summed E-state index contributed by atoms with van der Waals surface area (Å²) in [6, 6.07) is 9.29. The van der Waals surface area contributed by atoms with E-state index in [-0.39, 0.29) is 11.7 Å². The minimum atomic E-state index is -0.598. The van der Waals surface area contributed by atoms with Crippen LogP contribution in [0.25, 0.3) is 0 Å². The average Bonchev–Trinajstić information content (AvgIpc) is 3.15. The second-order valence-corrected chi connectivity index (χ2v) is 7.13. The summed E-state index contributed by atoms with van der Waals surface area (Å²) in [5.74, 6) is 0.255. The molecule has 2 fully saturated rings. The SMILES string of the molecule is NC(C(=O)[C@H](N)c1ccccc1)C1CCN(C2CCCC2)CC1. The van der Waals surface area contributed by atoms with E-state index in [0.29, 0.717) is 0 Å². The zero-order valence-electron chi connectivity index (χ0n) is 13.9. The summed E-state index contributed by atoms with van der Waals surface area (Å²) in [6.45, 7) is 2.16. The molecule has 1 aromatic carbocycles. The zero-order valence-corrected chi connectivity index (χ0v) is 13.9. The van der Waals surface area contributed by atoms with Gasteiger partial charge in [0.25, 0.3) is 0 Å². The molecule has 0 radical (unpaired) electrons. The number of Topliss-reactive ketones (excluding diaryl/α,β-unsaturated/α-hetero) is 1. The molecule has 1 saturated heterocycles. The molecule has 0 aromatic heterocycles. The van der Waals surface area contributed by atoms with E-state index >= 15 is 0 Å². The Morgan fingerprint density at radius 2 is 1.61 bits per heavy atom. The third-order valence-electron chi connectivity index (χ3n) is 5.72. The summed E-state index contributed by atoms with van der Waals surface area (Å²) in [5, 5.41) is 0. The minimum absolute atomic E-state index is 0.0180. The maximum absolute atomic E-state index is 12.6. The van der Waals surface area contributed by atoms with Gasteiger partial charge < -0.3 is 16.4 Å². The highest BCUT2D eigenvalue weighted by molar-refractivity contribution is 5.90. The number of carbonyl (C=O) groups excluding carboxylic acids is 1. The number of hydrogen-bond donors (Lipinski definition) is 2. The first-order valence-corrected chi connectivity index (χ1v) is 9.00. The molecule has 1 unspecified atom stereocenters. The Labute approximate surface area is 139 Å². The molecular formula is C19H29N3O. The van der Waals surface area contributed by atoms with Gasteiger partial charge in [0, 0.05) is 6.04 Å². The first-order valence-electron chi connectivity index (χ1n) is 9.00. The lowest BCUT2D eigenvalue weighted by Crippen LogP contribution is -2.49. The molecule has 2 atom stereocenters.